The molecule has 2 aliphatic heterocycles. The predicted molar refractivity (Wildman–Crippen MR) is 199 cm³/mol. The van der Waals surface area contributed by atoms with Crippen LogP contribution in [-0.4, -0.2) is 42.1 Å². The lowest BCUT2D eigenvalue weighted by Crippen LogP contribution is -1.98. The van der Waals surface area contributed by atoms with E-state index in [0.717, 1.165) is 87.3 Å². The Balaban J connectivity index is 2.08. The van der Waals surface area contributed by atoms with Gasteiger partial charge in [0.25, 0.3) is 0 Å². The number of carboxylic acids is 2. The normalized spacial score (nSPS) is 13.3. The Hall–Kier alpha value is -2.54. The van der Waals surface area contributed by atoms with Crippen LogP contribution in [0.1, 0.15) is 98.4 Å². The Morgan fingerprint density at radius 3 is 1.35 bits per heavy atom. The highest BCUT2D eigenvalue weighted by Gasteiger charge is 2.29. The van der Waals surface area contributed by atoms with Gasteiger partial charge in [-0.1, -0.05) is 13.8 Å². The van der Waals surface area contributed by atoms with E-state index in [2.05, 4.69) is 101 Å². The van der Waals surface area contributed by atoms with E-state index < -0.39 is 11.9 Å². The smallest absolute Gasteiger partial charge is 0.303 e. The second kappa shape index (κ2) is 13.5. The van der Waals surface area contributed by atoms with Gasteiger partial charge in [0.15, 0.2) is 0 Å². The maximum absolute atomic E-state index is 11.7. The van der Waals surface area contributed by atoms with E-state index in [1.165, 1.54) is 5.56 Å². The molecule has 0 saturated heterocycles. The minimum atomic E-state index is -0.902. The van der Waals surface area contributed by atoms with Crippen LogP contribution < -0.4 is 0 Å². The van der Waals surface area contributed by atoms with Crippen LogP contribution in [0.3, 0.4) is 0 Å². The average molecular weight is 882 g/mol. The van der Waals surface area contributed by atoms with Crippen molar-refractivity contribution in [1.82, 2.24) is 19.9 Å². The number of allylic oxidation sites excluding steroid dienone is 4. The quantitative estimate of drug-likeness (QED) is 0.178. The van der Waals surface area contributed by atoms with Crippen LogP contribution in [0.15, 0.2) is 17.9 Å². The molecule has 46 heavy (non-hydrogen) atoms. The third kappa shape index (κ3) is 5.88. The summed E-state index contributed by atoms with van der Waals surface area (Å²) >= 11 is 15.6. The molecular formula is C34H34Br4N4O4. The highest BCUT2D eigenvalue weighted by atomic mass is 79.9. The Morgan fingerprint density at radius 2 is 0.957 bits per heavy atom. The summed E-state index contributed by atoms with van der Waals surface area (Å²) in [4.78, 5) is 41.1. The fraction of sp³-hybridized carbons (Fsp3) is 0.353. The molecule has 0 aliphatic carbocycles. The van der Waals surface area contributed by atoms with Crippen LogP contribution in [0, 0.1) is 13.8 Å². The number of H-pyrrole nitrogens is 2. The number of halogens is 4. The van der Waals surface area contributed by atoms with E-state index in [-0.39, 0.29) is 25.7 Å². The molecule has 3 aromatic rings. The third-order valence-electron chi connectivity index (χ3n) is 8.99. The van der Waals surface area contributed by atoms with Crippen molar-refractivity contribution in [3.05, 3.63) is 62.9 Å². The SMILES string of the molecule is CCc1c(C)c2[nH]c1c(Br)c1nc(c(Br)c3nc(c(Br)c4[nH]c(c(CC)c4C)c2Br)C(C)=C3CCC(=O)O)C(CCC(=O)O)=C1C. The number of nitrogens with one attached hydrogen (secondary N) is 2. The molecule has 0 aromatic carbocycles. The lowest BCUT2D eigenvalue weighted by atomic mass is 9.98. The van der Waals surface area contributed by atoms with Gasteiger partial charge in [0.2, 0.25) is 0 Å². The van der Waals surface area contributed by atoms with Gasteiger partial charge in [0.05, 0.1) is 62.7 Å². The Bertz CT molecular complexity index is 2070. The molecule has 8 nitrogen and oxygen atoms in total. The topological polar surface area (TPSA) is 132 Å². The summed E-state index contributed by atoms with van der Waals surface area (Å²) in [5, 5.41) is 19.2. The monoisotopic (exact) mass is 878 g/mol. The second-order valence-electron chi connectivity index (χ2n) is 11.5. The predicted octanol–water partition coefficient (Wildman–Crippen LogP) is 10.7. The first-order valence-corrected chi connectivity index (χ1v) is 18.2. The van der Waals surface area contributed by atoms with E-state index in [0.29, 0.717) is 27.2 Å². The second-order valence-corrected chi connectivity index (χ2v) is 14.7. The summed E-state index contributed by atoms with van der Waals surface area (Å²) < 4.78 is 3.05. The zero-order valence-electron chi connectivity index (χ0n) is 26.4. The number of nitrogens with zero attached hydrogens (tertiary/aromatic N) is 2. The van der Waals surface area contributed by atoms with Gasteiger partial charge in [-0.3, -0.25) is 9.59 Å². The summed E-state index contributed by atoms with van der Waals surface area (Å²) in [7, 11) is 0. The number of carbonyl (C=O) groups is 2. The minimum Gasteiger partial charge on any atom is -0.481 e. The lowest BCUT2D eigenvalue weighted by Gasteiger charge is -2.08. The molecule has 5 rings (SSSR count). The molecule has 0 atom stereocenters. The van der Waals surface area contributed by atoms with Crippen LogP contribution >= 0.6 is 63.7 Å². The van der Waals surface area contributed by atoms with E-state index in [1.54, 1.807) is 0 Å². The van der Waals surface area contributed by atoms with Gasteiger partial charge >= 0.3 is 11.9 Å². The van der Waals surface area contributed by atoms with Crippen molar-refractivity contribution < 1.29 is 19.8 Å². The zero-order valence-corrected chi connectivity index (χ0v) is 32.7. The van der Waals surface area contributed by atoms with Crippen molar-refractivity contribution in [2.24, 2.45) is 0 Å². The summed E-state index contributed by atoms with van der Waals surface area (Å²) in [6.45, 7) is 12.4. The number of aryl methyl sites for hydroxylation is 4. The largest absolute Gasteiger partial charge is 0.481 e. The van der Waals surface area contributed by atoms with Gasteiger partial charge in [0.1, 0.15) is 0 Å². The number of carboxylic acid groups (broad SMARTS) is 2. The maximum atomic E-state index is 11.7. The first-order chi connectivity index (χ1) is 21.7. The number of hydrogen-bond acceptors (Lipinski definition) is 4. The molecule has 0 fully saturated rings. The summed E-state index contributed by atoms with van der Waals surface area (Å²) in [5.74, 6) is -1.80. The van der Waals surface area contributed by atoms with Crippen molar-refractivity contribution >= 4 is 120 Å². The molecule has 242 valence electrons. The Labute approximate surface area is 300 Å². The first-order valence-electron chi connectivity index (χ1n) is 15.0. The molecule has 4 N–H and O–H groups in total. The van der Waals surface area contributed by atoms with Crippen molar-refractivity contribution in [3.63, 3.8) is 0 Å². The van der Waals surface area contributed by atoms with Crippen molar-refractivity contribution in [1.29, 1.82) is 0 Å². The molecule has 12 heteroatoms. The minimum absolute atomic E-state index is 0.0668. The van der Waals surface area contributed by atoms with Crippen LogP contribution in [0.4, 0.5) is 0 Å². The van der Waals surface area contributed by atoms with Crippen LogP contribution in [0.2, 0.25) is 0 Å². The highest BCUT2D eigenvalue weighted by molar-refractivity contribution is 9.11. The molecule has 2 aliphatic rings. The molecular weight excluding hydrogens is 848 g/mol. The molecule has 0 amide bonds. The fourth-order valence-corrected chi connectivity index (χ4v) is 9.37. The number of hydrogen-bond donors (Lipinski definition) is 4. The van der Waals surface area contributed by atoms with Gasteiger partial charge in [-0.15, -0.1) is 0 Å². The molecule has 0 saturated carbocycles. The molecule has 0 radical (unpaired) electrons. The van der Waals surface area contributed by atoms with Crippen molar-refractivity contribution in [2.75, 3.05) is 0 Å². The zero-order chi connectivity index (χ0) is 33.8. The number of fused-ring (bicyclic) bond motifs is 8. The highest BCUT2D eigenvalue weighted by Crippen LogP contribution is 2.46. The van der Waals surface area contributed by atoms with E-state index in [1.807, 2.05) is 13.8 Å². The average Bonchev–Trinajstić information content (AvgIpc) is 3.73. The van der Waals surface area contributed by atoms with Crippen LogP contribution in [-0.2, 0) is 22.4 Å². The molecule has 3 aromatic heterocycles. The van der Waals surface area contributed by atoms with E-state index >= 15 is 0 Å². The number of rotatable bonds is 8. The van der Waals surface area contributed by atoms with Crippen LogP contribution in [0.25, 0.3) is 44.4 Å². The van der Waals surface area contributed by atoms with Gasteiger partial charge in [0, 0.05) is 12.8 Å². The number of aromatic amines is 2. The van der Waals surface area contributed by atoms with Crippen molar-refractivity contribution in [2.45, 2.75) is 80.1 Å². The number of aromatic nitrogens is 4. The molecule has 0 unspecified atom stereocenters. The molecule has 5 heterocycles. The maximum Gasteiger partial charge on any atom is 0.303 e. The van der Waals surface area contributed by atoms with Gasteiger partial charge in [-0.2, -0.15) is 0 Å². The fourth-order valence-electron chi connectivity index (χ4n) is 6.47. The van der Waals surface area contributed by atoms with Gasteiger partial charge in [-0.25, -0.2) is 9.97 Å². The van der Waals surface area contributed by atoms with Crippen LogP contribution in [0.5, 0.6) is 0 Å². The molecule has 0 spiro atoms. The summed E-state index contributed by atoms with van der Waals surface area (Å²) in [5.41, 5.74) is 14.2. The standard InChI is InChI=1S/C34H34Br4N4O4/c1-7-17-13(3)27-23(35)29-15(5)19(9-11-21(43)44)33(41-29)26(38)34-20(10-12-22(45)46)16(6)30(42-34)25(37)32-18(8-2)14(4)28(40-32)24(36)31(17)39-27/h39-40H,7-12H2,1-6H3,(H,43,44)(H,45,46). The third-order valence-corrected chi connectivity index (χ3v) is 12.1. The van der Waals surface area contributed by atoms with Crippen molar-refractivity contribution in [3.8, 4) is 0 Å². The Kier molecular flexibility index (Phi) is 10.2. The van der Waals surface area contributed by atoms with Gasteiger partial charge < -0.3 is 20.2 Å². The van der Waals surface area contributed by atoms with E-state index in [9.17, 15) is 19.8 Å². The Morgan fingerprint density at radius 1 is 0.587 bits per heavy atom. The number of aliphatic carboxylic acids is 2. The summed E-state index contributed by atoms with van der Waals surface area (Å²) in [6, 6.07) is 0. The lowest BCUT2D eigenvalue weighted by molar-refractivity contribution is -0.137. The summed E-state index contributed by atoms with van der Waals surface area (Å²) in [6.07, 6.45) is 1.98. The van der Waals surface area contributed by atoms with Gasteiger partial charge in [-0.05, 0) is 162 Å². The molecule has 8 bridgehead atoms. The first kappa shape index (κ1) is 34.8. The van der Waals surface area contributed by atoms with E-state index in [4.69, 9.17) is 9.97 Å².